The van der Waals surface area contributed by atoms with Gasteiger partial charge < -0.3 is 14.8 Å². The van der Waals surface area contributed by atoms with Gasteiger partial charge in [0.15, 0.2) is 11.5 Å². The monoisotopic (exact) mass is 359 g/mol. The summed E-state index contributed by atoms with van der Waals surface area (Å²) < 4.78 is 49.3. The first-order valence-corrected chi connectivity index (χ1v) is 7.95. The van der Waals surface area contributed by atoms with Crippen molar-refractivity contribution in [2.45, 2.75) is 32.9 Å². The molecule has 4 nitrogen and oxygen atoms in total. The number of hydrogen-bond acceptors (Lipinski definition) is 3. The van der Waals surface area contributed by atoms with Crippen molar-refractivity contribution < 1.29 is 27.4 Å². The fraction of sp³-hybridized carbons (Fsp3) is 0.500. The van der Waals surface area contributed by atoms with Crippen molar-refractivity contribution in [1.29, 1.82) is 0 Å². The number of benzene rings is 1. The Labute approximate surface area is 146 Å². The van der Waals surface area contributed by atoms with E-state index in [1.807, 2.05) is 13.8 Å². The number of methoxy groups -OCH3 is 2. The van der Waals surface area contributed by atoms with Gasteiger partial charge in [0.2, 0.25) is 5.91 Å². The van der Waals surface area contributed by atoms with Crippen molar-refractivity contribution in [2.24, 2.45) is 5.92 Å². The van der Waals surface area contributed by atoms with Gasteiger partial charge in [0.1, 0.15) is 5.56 Å². The van der Waals surface area contributed by atoms with Gasteiger partial charge in [0.25, 0.3) is 0 Å². The molecule has 1 amide bonds. The summed E-state index contributed by atoms with van der Waals surface area (Å²) in [6.45, 7) is 4.60. The molecule has 0 bridgehead atoms. The molecule has 7 heteroatoms. The fourth-order valence-corrected chi connectivity index (χ4v) is 2.13. The van der Waals surface area contributed by atoms with Crippen molar-refractivity contribution in [3.63, 3.8) is 0 Å². The second-order valence-corrected chi connectivity index (χ2v) is 5.94. The number of rotatable bonds is 8. The van der Waals surface area contributed by atoms with Gasteiger partial charge in [0.05, 0.1) is 14.2 Å². The van der Waals surface area contributed by atoms with Crippen LogP contribution in [0.25, 0.3) is 6.08 Å². The number of nitrogens with one attached hydrogen (secondary N) is 1. The molecule has 0 spiro atoms. The Hall–Kier alpha value is -2.18. The Morgan fingerprint density at radius 2 is 1.92 bits per heavy atom. The highest BCUT2D eigenvalue weighted by molar-refractivity contribution is 5.76. The minimum atomic E-state index is -4.56. The van der Waals surface area contributed by atoms with Crippen LogP contribution >= 0.6 is 0 Å². The Kier molecular flexibility index (Phi) is 7.80. The molecule has 0 aliphatic carbocycles. The molecule has 0 radical (unpaired) electrons. The third-order valence-corrected chi connectivity index (χ3v) is 3.36. The molecule has 1 rings (SSSR count). The normalized spacial score (nSPS) is 11.8. The standard InChI is InChI=1S/C18H24F3NO3/c1-12(2)11-22-16(23)8-6-5-7-13-9-14(18(19,20)21)17(25-4)15(10-13)24-3/h5,7,9-10,12H,6,8,11H2,1-4H3,(H,22,23)/b7-5+. The zero-order chi connectivity index (χ0) is 19.0. The zero-order valence-electron chi connectivity index (χ0n) is 14.9. The van der Waals surface area contributed by atoms with Crippen molar-refractivity contribution >= 4 is 12.0 Å². The van der Waals surface area contributed by atoms with Gasteiger partial charge in [-0.1, -0.05) is 26.0 Å². The summed E-state index contributed by atoms with van der Waals surface area (Å²) in [6, 6.07) is 2.46. The zero-order valence-corrected chi connectivity index (χ0v) is 14.9. The molecule has 25 heavy (non-hydrogen) atoms. The molecule has 0 saturated heterocycles. The first kappa shape index (κ1) is 20.9. The average Bonchev–Trinajstić information content (AvgIpc) is 2.55. The van der Waals surface area contributed by atoms with E-state index in [1.165, 1.54) is 26.4 Å². The number of halogens is 3. The summed E-state index contributed by atoms with van der Waals surface area (Å²) in [5, 5.41) is 2.78. The van der Waals surface area contributed by atoms with Crippen LogP contribution in [0.3, 0.4) is 0 Å². The van der Waals surface area contributed by atoms with E-state index >= 15 is 0 Å². The second-order valence-electron chi connectivity index (χ2n) is 5.94. The Morgan fingerprint density at radius 1 is 1.24 bits per heavy atom. The maximum atomic E-state index is 13.2. The van der Waals surface area contributed by atoms with Crippen molar-refractivity contribution in [3.8, 4) is 11.5 Å². The molecule has 0 atom stereocenters. The van der Waals surface area contributed by atoms with E-state index in [2.05, 4.69) is 5.32 Å². The molecular formula is C18H24F3NO3. The molecule has 1 aromatic carbocycles. The first-order chi connectivity index (χ1) is 11.7. The highest BCUT2D eigenvalue weighted by atomic mass is 19.4. The number of carbonyl (C=O) groups excluding carboxylic acids is 1. The number of amides is 1. The summed E-state index contributed by atoms with van der Waals surface area (Å²) in [6.07, 6.45) is -0.648. The van der Waals surface area contributed by atoms with Crippen LogP contribution < -0.4 is 14.8 Å². The summed E-state index contributed by atoms with van der Waals surface area (Å²) in [5.41, 5.74) is -0.573. The van der Waals surface area contributed by atoms with E-state index in [1.54, 1.807) is 6.08 Å². The summed E-state index contributed by atoms with van der Waals surface area (Å²) in [5.74, 6) is -0.0550. The minimum absolute atomic E-state index is 0.00616. The molecule has 1 N–H and O–H groups in total. The van der Waals surface area contributed by atoms with Crippen LogP contribution in [0.5, 0.6) is 11.5 Å². The molecule has 0 fully saturated rings. The van der Waals surface area contributed by atoms with Gasteiger partial charge in [-0.2, -0.15) is 13.2 Å². The van der Waals surface area contributed by atoms with Gasteiger partial charge in [-0.3, -0.25) is 4.79 Å². The third-order valence-electron chi connectivity index (χ3n) is 3.36. The maximum absolute atomic E-state index is 13.2. The average molecular weight is 359 g/mol. The minimum Gasteiger partial charge on any atom is -0.493 e. The highest BCUT2D eigenvalue weighted by Gasteiger charge is 2.36. The predicted octanol–water partition coefficient (Wildman–Crippen LogP) is 4.29. The summed E-state index contributed by atoms with van der Waals surface area (Å²) >= 11 is 0. The van der Waals surface area contributed by atoms with Crippen LogP contribution in [0.15, 0.2) is 18.2 Å². The fourth-order valence-electron chi connectivity index (χ4n) is 2.13. The van der Waals surface area contributed by atoms with E-state index in [-0.39, 0.29) is 23.8 Å². The van der Waals surface area contributed by atoms with Gasteiger partial charge >= 0.3 is 6.18 Å². The largest absolute Gasteiger partial charge is 0.493 e. The molecule has 0 saturated carbocycles. The Morgan fingerprint density at radius 3 is 2.44 bits per heavy atom. The Bertz CT molecular complexity index is 610. The first-order valence-electron chi connectivity index (χ1n) is 7.95. The van der Waals surface area contributed by atoms with Crippen LogP contribution in [0.1, 0.15) is 37.8 Å². The van der Waals surface area contributed by atoms with E-state index in [0.717, 1.165) is 6.07 Å². The molecule has 0 aliphatic rings. The molecule has 140 valence electrons. The van der Waals surface area contributed by atoms with Gasteiger partial charge in [0, 0.05) is 13.0 Å². The molecule has 0 aromatic heterocycles. The van der Waals surface area contributed by atoms with Crippen molar-refractivity contribution in [2.75, 3.05) is 20.8 Å². The molecular weight excluding hydrogens is 335 g/mol. The number of hydrogen-bond donors (Lipinski definition) is 1. The number of ether oxygens (including phenoxy) is 2. The lowest BCUT2D eigenvalue weighted by Gasteiger charge is -2.16. The SMILES string of the molecule is COc1cc(/C=C/CCC(=O)NCC(C)C)cc(C(F)(F)F)c1OC. The van der Waals surface area contributed by atoms with Gasteiger partial charge in [-0.25, -0.2) is 0 Å². The molecule has 0 unspecified atom stereocenters. The van der Waals surface area contributed by atoms with Crippen molar-refractivity contribution in [1.82, 2.24) is 5.32 Å². The number of carbonyl (C=O) groups is 1. The Balaban J connectivity index is 2.83. The van der Waals surface area contributed by atoms with Crippen LogP contribution in [0, 0.1) is 5.92 Å². The molecule has 0 aliphatic heterocycles. The van der Waals surface area contributed by atoms with Crippen LogP contribution in [0.4, 0.5) is 13.2 Å². The maximum Gasteiger partial charge on any atom is 0.420 e. The van der Waals surface area contributed by atoms with E-state index < -0.39 is 11.7 Å². The lowest BCUT2D eigenvalue weighted by Crippen LogP contribution is -2.26. The topological polar surface area (TPSA) is 47.6 Å². The van der Waals surface area contributed by atoms with Crippen LogP contribution in [-0.4, -0.2) is 26.7 Å². The van der Waals surface area contributed by atoms with Gasteiger partial charge in [-0.05, 0) is 30.0 Å². The van der Waals surface area contributed by atoms with E-state index in [0.29, 0.717) is 24.4 Å². The second kappa shape index (κ2) is 9.34. The summed E-state index contributed by atoms with van der Waals surface area (Å²) in [7, 11) is 2.45. The highest BCUT2D eigenvalue weighted by Crippen LogP contribution is 2.42. The van der Waals surface area contributed by atoms with Gasteiger partial charge in [-0.15, -0.1) is 0 Å². The molecule has 0 heterocycles. The summed E-state index contributed by atoms with van der Waals surface area (Å²) in [4.78, 5) is 11.6. The van der Waals surface area contributed by atoms with E-state index in [4.69, 9.17) is 9.47 Å². The smallest absolute Gasteiger partial charge is 0.420 e. The third kappa shape index (κ3) is 6.68. The van der Waals surface area contributed by atoms with E-state index in [9.17, 15) is 18.0 Å². The number of allylic oxidation sites excluding steroid dienone is 1. The van der Waals surface area contributed by atoms with Crippen molar-refractivity contribution in [3.05, 3.63) is 29.3 Å². The van der Waals surface area contributed by atoms with Crippen LogP contribution in [-0.2, 0) is 11.0 Å². The quantitative estimate of drug-likeness (QED) is 0.753. The lowest BCUT2D eigenvalue weighted by molar-refractivity contribution is -0.138. The lowest BCUT2D eigenvalue weighted by atomic mass is 10.1. The van der Waals surface area contributed by atoms with Crippen LogP contribution in [0.2, 0.25) is 0 Å². The predicted molar refractivity (Wildman–Crippen MR) is 90.7 cm³/mol. The number of alkyl halides is 3. The molecule has 1 aromatic rings.